The van der Waals surface area contributed by atoms with E-state index in [2.05, 4.69) is 77.2 Å². The van der Waals surface area contributed by atoms with Crippen molar-refractivity contribution in [1.82, 2.24) is 19.8 Å². The van der Waals surface area contributed by atoms with Crippen molar-refractivity contribution >= 4 is 36.0 Å². The largest absolute Gasteiger partial charge is 0.493 e. The molecule has 5 aromatic rings. The van der Waals surface area contributed by atoms with E-state index in [9.17, 15) is 4.79 Å². The zero-order valence-corrected chi connectivity index (χ0v) is 32.0. The van der Waals surface area contributed by atoms with E-state index in [1.54, 1.807) is 42.7 Å². The van der Waals surface area contributed by atoms with Gasteiger partial charge in [-0.25, -0.2) is 4.98 Å². The Bertz CT molecular complexity index is 1910. The van der Waals surface area contributed by atoms with Gasteiger partial charge in [-0.3, -0.25) is 14.7 Å². The van der Waals surface area contributed by atoms with E-state index in [-0.39, 0.29) is 18.3 Å². The van der Waals surface area contributed by atoms with Crippen LogP contribution in [0.25, 0.3) is 6.08 Å². The molecule has 0 bridgehead atoms. The number of aryl methyl sites for hydroxylation is 1. The van der Waals surface area contributed by atoms with Gasteiger partial charge in [-0.1, -0.05) is 67.9 Å². The molecule has 3 aromatic carbocycles. The lowest BCUT2D eigenvalue weighted by Crippen LogP contribution is -2.47. The van der Waals surface area contributed by atoms with Gasteiger partial charge < -0.3 is 19.1 Å². The summed E-state index contributed by atoms with van der Waals surface area (Å²) in [5.74, 6) is 2.95. The standard InChI is InChI=1S/C43H45ClN4O4.ClH/c1-31(2)36-12-14-38(15-13-36)50-25-19-33-7-9-34(10-8-33)29-47-21-23-48(24-22-47)42(49)18-11-35-26-32(3)43(40(44)27-35)52-41-17-16-39(28-46-41)51-30-37-6-4-5-20-45-37;/h4-18,20,26-28,31H,19,21-25,29-30H2,1-3H3;1H. The highest BCUT2D eigenvalue weighted by atomic mass is 35.5. The molecule has 0 unspecified atom stereocenters. The number of carbonyl (C=O) groups is 1. The number of pyridine rings is 2. The SMILES string of the molecule is Cc1cc(C=CC(=O)N2CCN(Cc3ccc(CCOc4ccc(C(C)C)cc4)cc3)CC2)cc(Cl)c1Oc1ccc(OCc2ccccn2)cn1.Cl. The predicted octanol–water partition coefficient (Wildman–Crippen LogP) is 9.33. The van der Waals surface area contributed by atoms with Crippen LogP contribution in [0.2, 0.25) is 5.02 Å². The molecule has 1 amide bonds. The number of aromatic nitrogens is 2. The van der Waals surface area contributed by atoms with E-state index >= 15 is 0 Å². The highest BCUT2D eigenvalue weighted by Crippen LogP contribution is 2.34. The summed E-state index contributed by atoms with van der Waals surface area (Å²) in [6.45, 7) is 11.2. The summed E-state index contributed by atoms with van der Waals surface area (Å²) in [4.78, 5) is 26.0. The molecule has 8 nitrogen and oxygen atoms in total. The third kappa shape index (κ3) is 11.5. The summed E-state index contributed by atoms with van der Waals surface area (Å²) < 4.78 is 17.7. The number of halogens is 2. The van der Waals surface area contributed by atoms with Crippen molar-refractivity contribution in [3.8, 4) is 23.1 Å². The predicted molar refractivity (Wildman–Crippen MR) is 213 cm³/mol. The molecular weight excluding hydrogens is 707 g/mol. The summed E-state index contributed by atoms with van der Waals surface area (Å²) >= 11 is 6.62. The monoisotopic (exact) mass is 752 g/mol. The fraction of sp³-hybridized carbons (Fsp3) is 0.279. The Kier molecular flexibility index (Phi) is 14.3. The maximum atomic E-state index is 13.1. The molecule has 2 aromatic heterocycles. The van der Waals surface area contributed by atoms with Crippen LogP contribution in [0.1, 0.15) is 53.3 Å². The van der Waals surface area contributed by atoms with E-state index in [1.165, 1.54) is 16.7 Å². The molecule has 53 heavy (non-hydrogen) atoms. The van der Waals surface area contributed by atoms with Gasteiger partial charge in [0.05, 0.1) is 23.5 Å². The normalized spacial score (nSPS) is 13.2. The Morgan fingerprint density at radius 1 is 0.868 bits per heavy atom. The van der Waals surface area contributed by atoms with Gasteiger partial charge in [0.2, 0.25) is 11.8 Å². The zero-order valence-electron chi connectivity index (χ0n) is 30.4. The molecule has 10 heteroatoms. The van der Waals surface area contributed by atoms with Gasteiger partial charge in [0.15, 0.2) is 5.75 Å². The second-order valence-electron chi connectivity index (χ2n) is 13.3. The van der Waals surface area contributed by atoms with Gasteiger partial charge in [0, 0.05) is 57.5 Å². The second-order valence-corrected chi connectivity index (χ2v) is 13.7. The molecule has 1 saturated heterocycles. The van der Waals surface area contributed by atoms with Crippen LogP contribution in [-0.2, 0) is 24.4 Å². The molecule has 6 rings (SSSR count). The fourth-order valence-corrected chi connectivity index (χ4v) is 6.26. The summed E-state index contributed by atoms with van der Waals surface area (Å²) in [5, 5.41) is 0.437. The zero-order chi connectivity index (χ0) is 36.3. The van der Waals surface area contributed by atoms with Gasteiger partial charge in [0.25, 0.3) is 0 Å². The molecule has 1 aliphatic heterocycles. The minimum absolute atomic E-state index is 0. The van der Waals surface area contributed by atoms with E-state index < -0.39 is 0 Å². The van der Waals surface area contributed by atoms with Crippen LogP contribution in [0, 0.1) is 6.92 Å². The van der Waals surface area contributed by atoms with Gasteiger partial charge in [0.1, 0.15) is 18.1 Å². The first kappa shape index (κ1) is 39.3. The van der Waals surface area contributed by atoms with E-state index in [0.717, 1.165) is 48.6 Å². The van der Waals surface area contributed by atoms with Crippen LogP contribution in [0.15, 0.2) is 109 Å². The molecule has 0 saturated carbocycles. The lowest BCUT2D eigenvalue weighted by molar-refractivity contribution is -0.127. The Morgan fingerprint density at radius 3 is 2.26 bits per heavy atom. The first-order valence-electron chi connectivity index (χ1n) is 17.8. The molecule has 1 fully saturated rings. The minimum Gasteiger partial charge on any atom is -0.493 e. The molecular formula is C43H46Cl2N4O4. The van der Waals surface area contributed by atoms with Crippen LogP contribution >= 0.6 is 24.0 Å². The van der Waals surface area contributed by atoms with Crippen LogP contribution in [0.5, 0.6) is 23.1 Å². The maximum Gasteiger partial charge on any atom is 0.246 e. The third-order valence-electron chi connectivity index (χ3n) is 9.02. The Labute approximate surface area is 323 Å². The van der Waals surface area contributed by atoms with Crippen LogP contribution in [0.3, 0.4) is 0 Å². The molecule has 0 atom stereocenters. The molecule has 0 radical (unpaired) electrons. The van der Waals surface area contributed by atoms with Gasteiger partial charge >= 0.3 is 0 Å². The number of benzene rings is 3. The highest BCUT2D eigenvalue weighted by Gasteiger charge is 2.20. The Balaban J connectivity index is 0.00000541. The van der Waals surface area contributed by atoms with Crippen molar-refractivity contribution in [3.63, 3.8) is 0 Å². The van der Waals surface area contributed by atoms with Crippen molar-refractivity contribution in [2.24, 2.45) is 0 Å². The van der Waals surface area contributed by atoms with Crippen molar-refractivity contribution < 1.29 is 19.0 Å². The lowest BCUT2D eigenvalue weighted by Gasteiger charge is -2.34. The quantitative estimate of drug-likeness (QED) is 0.105. The summed E-state index contributed by atoms with van der Waals surface area (Å²) in [6, 6.07) is 30.1. The smallest absolute Gasteiger partial charge is 0.246 e. The number of hydrogen-bond acceptors (Lipinski definition) is 7. The first-order chi connectivity index (χ1) is 25.3. The number of hydrogen-bond donors (Lipinski definition) is 0. The van der Waals surface area contributed by atoms with Crippen molar-refractivity contribution in [2.75, 3.05) is 32.8 Å². The third-order valence-corrected chi connectivity index (χ3v) is 9.30. The molecule has 0 aliphatic carbocycles. The fourth-order valence-electron chi connectivity index (χ4n) is 5.95. The molecule has 3 heterocycles. The molecule has 0 spiro atoms. The first-order valence-corrected chi connectivity index (χ1v) is 18.1. The summed E-state index contributed by atoms with van der Waals surface area (Å²) in [7, 11) is 0. The van der Waals surface area contributed by atoms with Crippen molar-refractivity contribution in [1.29, 1.82) is 0 Å². The molecule has 0 N–H and O–H groups in total. The molecule has 276 valence electrons. The maximum absolute atomic E-state index is 13.1. The minimum atomic E-state index is -0.00857. The van der Waals surface area contributed by atoms with Crippen LogP contribution in [-0.4, -0.2) is 58.5 Å². The lowest BCUT2D eigenvalue weighted by atomic mass is 10.0. The average molecular weight is 754 g/mol. The highest BCUT2D eigenvalue weighted by molar-refractivity contribution is 6.32. The number of carbonyl (C=O) groups excluding carboxylic acids is 1. The van der Waals surface area contributed by atoms with Gasteiger partial charge in [-0.05, 0) is 89.2 Å². The summed E-state index contributed by atoms with van der Waals surface area (Å²) in [5.41, 5.74) is 6.34. The summed E-state index contributed by atoms with van der Waals surface area (Å²) in [6.07, 6.45) is 7.62. The number of piperazine rings is 1. The number of amides is 1. The number of ether oxygens (including phenoxy) is 3. The Hall–Kier alpha value is -4.89. The topological polar surface area (TPSA) is 77.0 Å². The van der Waals surface area contributed by atoms with Crippen molar-refractivity contribution in [2.45, 2.75) is 46.3 Å². The van der Waals surface area contributed by atoms with E-state index in [0.29, 0.717) is 54.6 Å². The van der Waals surface area contributed by atoms with Crippen molar-refractivity contribution in [3.05, 3.63) is 148 Å². The Morgan fingerprint density at radius 2 is 1.60 bits per heavy atom. The van der Waals surface area contributed by atoms with Gasteiger partial charge in [-0.15, -0.1) is 12.4 Å². The average Bonchev–Trinajstić information content (AvgIpc) is 3.16. The van der Waals surface area contributed by atoms with E-state index in [1.807, 2.05) is 36.1 Å². The number of rotatable bonds is 14. The van der Waals surface area contributed by atoms with Crippen LogP contribution in [0.4, 0.5) is 0 Å². The second kappa shape index (κ2) is 19.3. The van der Waals surface area contributed by atoms with Gasteiger partial charge in [-0.2, -0.15) is 0 Å². The molecule has 1 aliphatic rings. The van der Waals surface area contributed by atoms with E-state index in [4.69, 9.17) is 25.8 Å². The van der Waals surface area contributed by atoms with Crippen LogP contribution < -0.4 is 14.2 Å². The number of nitrogens with zero attached hydrogens (tertiary/aromatic N) is 4.